The van der Waals surface area contributed by atoms with Crippen molar-refractivity contribution in [2.75, 3.05) is 6.54 Å². The molecule has 0 bridgehead atoms. The lowest BCUT2D eigenvalue weighted by Gasteiger charge is -2.26. The van der Waals surface area contributed by atoms with E-state index in [2.05, 4.69) is 16.5 Å². The second-order valence-electron chi connectivity index (χ2n) is 5.13. The van der Waals surface area contributed by atoms with Crippen molar-refractivity contribution in [2.24, 2.45) is 0 Å². The van der Waals surface area contributed by atoms with E-state index in [1.54, 1.807) is 13.8 Å². The van der Waals surface area contributed by atoms with Crippen LogP contribution < -0.4 is 5.32 Å². The summed E-state index contributed by atoms with van der Waals surface area (Å²) in [5, 5.41) is 16.1. The van der Waals surface area contributed by atoms with E-state index >= 15 is 0 Å². The van der Waals surface area contributed by atoms with Gasteiger partial charge in [-0.05, 0) is 26.8 Å². The Labute approximate surface area is 116 Å². The second-order valence-corrected chi connectivity index (χ2v) is 5.13. The number of hydrogen-bond acceptors (Lipinski definition) is 3. The number of nitrogens with one attached hydrogen (secondary N) is 1. The van der Waals surface area contributed by atoms with Crippen LogP contribution in [0.15, 0.2) is 12.4 Å². The van der Waals surface area contributed by atoms with Gasteiger partial charge in [0, 0.05) is 12.6 Å². The quantitative estimate of drug-likeness (QED) is 0.875. The number of nitriles is 1. The fraction of sp³-hybridized carbons (Fsp3) is 0.692. The van der Waals surface area contributed by atoms with Crippen molar-refractivity contribution in [3.8, 4) is 6.07 Å². The van der Waals surface area contributed by atoms with Crippen LogP contribution in [0.4, 0.5) is 13.2 Å². The first-order chi connectivity index (χ1) is 9.22. The average Bonchev–Trinajstić information content (AvgIpc) is 2.86. The Balaban J connectivity index is 2.77. The van der Waals surface area contributed by atoms with Gasteiger partial charge in [-0.1, -0.05) is 6.92 Å². The molecule has 0 saturated carbocycles. The SMILES string of the molecule is CCCNC(C)(C#N)CC(C)n1cc(C(F)(F)F)cn1. The van der Waals surface area contributed by atoms with E-state index in [9.17, 15) is 18.4 Å². The summed E-state index contributed by atoms with van der Waals surface area (Å²) in [6, 6.07) is 1.87. The molecule has 2 unspecified atom stereocenters. The molecule has 0 fully saturated rings. The van der Waals surface area contributed by atoms with Gasteiger partial charge >= 0.3 is 6.18 Å². The Morgan fingerprint density at radius 2 is 2.15 bits per heavy atom. The van der Waals surface area contributed by atoms with Gasteiger partial charge in [0.1, 0.15) is 5.54 Å². The second kappa shape index (κ2) is 6.27. The van der Waals surface area contributed by atoms with E-state index in [-0.39, 0.29) is 6.04 Å². The van der Waals surface area contributed by atoms with E-state index in [0.717, 1.165) is 18.8 Å². The minimum atomic E-state index is -4.39. The minimum absolute atomic E-state index is 0.305. The van der Waals surface area contributed by atoms with Gasteiger partial charge in [-0.2, -0.15) is 23.5 Å². The van der Waals surface area contributed by atoms with Gasteiger partial charge in [0.2, 0.25) is 0 Å². The summed E-state index contributed by atoms with van der Waals surface area (Å²) in [6.45, 7) is 6.16. The lowest BCUT2D eigenvalue weighted by Crippen LogP contribution is -2.43. The molecule has 1 heterocycles. The van der Waals surface area contributed by atoms with Crippen LogP contribution in [0.1, 0.15) is 45.2 Å². The minimum Gasteiger partial charge on any atom is -0.300 e. The highest BCUT2D eigenvalue weighted by Crippen LogP contribution is 2.30. The van der Waals surface area contributed by atoms with Crippen molar-refractivity contribution in [1.29, 1.82) is 5.26 Å². The van der Waals surface area contributed by atoms with Crippen LogP contribution in [-0.2, 0) is 6.18 Å². The van der Waals surface area contributed by atoms with Gasteiger partial charge in [0.05, 0.1) is 23.9 Å². The summed E-state index contributed by atoms with van der Waals surface area (Å²) >= 11 is 0. The molecule has 4 nitrogen and oxygen atoms in total. The molecule has 0 aromatic carbocycles. The van der Waals surface area contributed by atoms with Gasteiger partial charge in [0.25, 0.3) is 0 Å². The molecule has 112 valence electrons. The first-order valence-electron chi connectivity index (χ1n) is 6.49. The van der Waals surface area contributed by atoms with Gasteiger partial charge in [0.15, 0.2) is 0 Å². The van der Waals surface area contributed by atoms with Crippen molar-refractivity contribution in [3.63, 3.8) is 0 Å². The smallest absolute Gasteiger partial charge is 0.300 e. The van der Waals surface area contributed by atoms with Crippen molar-refractivity contribution in [3.05, 3.63) is 18.0 Å². The maximum atomic E-state index is 12.5. The summed E-state index contributed by atoms with van der Waals surface area (Å²) in [5.74, 6) is 0. The molecule has 0 saturated heterocycles. The maximum absolute atomic E-state index is 12.5. The first kappa shape index (κ1) is 16.5. The Morgan fingerprint density at radius 1 is 1.50 bits per heavy atom. The fourth-order valence-corrected chi connectivity index (χ4v) is 1.97. The monoisotopic (exact) mass is 288 g/mol. The zero-order valence-electron chi connectivity index (χ0n) is 11.8. The lowest BCUT2D eigenvalue weighted by molar-refractivity contribution is -0.137. The van der Waals surface area contributed by atoms with Crippen molar-refractivity contribution >= 4 is 0 Å². The van der Waals surface area contributed by atoms with E-state index < -0.39 is 17.3 Å². The zero-order valence-corrected chi connectivity index (χ0v) is 11.8. The van der Waals surface area contributed by atoms with Crippen LogP contribution >= 0.6 is 0 Å². The molecule has 0 spiro atoms. The molecular formula is C13H19F3N4. The number of halogens is 3. The van der Waals surface area contributed by atoms with Gasteiger partial charge in [-0.25, -0.2) is 0 Å². The molecule has 0 amide bonds. The molecule has 2 atom stereocenters. The molecule has 0 radical (unpaired) electrons. The highest BCUT2D eigenvalue weighted by atomic mass is 19.4. The molecule has 0 aliphatic rings. The topological polar surface area (TPSA) is 53.6 Å². The molecule has 20 heavy (non-hydrogen) atoms. The standard InChI is InChI=1S/C13H19F3N4/c1-4-5-18-12(3,9-17)6-10(2)20-8-11(7-19-20)13(14,15)16/h7-8,10,18H,4-6H2,1-3H3. The summed E-state index contributed by atoms with van der Waals surface area (Å²) in [6.07, 6.45) is -1.35. The predicted molar refractivity (Wildman–Crippen MR) is 68.9 cm³/mol. The maximum Gasteiger partial charge on any atom is 0.419 e. The van der Waals surface area contributed by atoms with Crippen molar-refractivity contribution in [1.82, 2.24) is 15.1 Å². The summed E-state index contributed by atoms with van der Waals surface area (Å²) in [5.41, 5.74) is -1.55. The Hall–Kier alpha value is -1.55. The summed E-state index contributed by atoms with van der Waals surface area (Å²) in [4.78, 5) is 0. The molecule has 0 aliphatic carbocycles. The van der Waals surface area contributed by atoms with Crippen molar-refractivity contribution in [2.45, 2.75) is 51.4 Å². The van der Waals surface area contributed by atoms with Gasteiger partial charge in [-0.15, -0.1) is 0 Å². The van der Waals surface area contributed by atoms with Crippen LogP contribution in [-0.4, -0.2) is 21.9 Å². The molecule has 1 aromatic rings. The molecule has 0 aliphatic heterocycles. The number of aromatic nitrogens is 2. The Bertz CT molecular complexity index is 475. The van der Waals surface area contributed by atoms with E-state index in [1.165, 1.54) is 4.68 Å². The number of alkyl halides is 3. The fourth-order valence-electron chi connectivity index (χ4n) is 1.97. The van der Waals surface area contributed by atoms with Crippen LogP contribution in [0, 0.1) is 11.3 Å². The molecule has 1 aromatic heterocycles. The molecular weight excluding hydrogens is 269 g/mol. The normalized spacial score (nSPS) is 16.4. The predicted octanol–water partition coefficient (Wildman–Crippen LogP) is 3.13. The molecule has 7 heteroatoms. The summed E-state index contributed by atoms with van der Waals surface area (Å²) in [7, 11) is 0. The molecule has 1 rings (SSSR count). The lowest BCUT2D eigenvalue weighted by atomic mass is 9.95. The largest absolute Gasteiger partial charge is 0.419 e. The summed E-state index contributed by atoms with van der Waals surface area (Å²) < 4.78 is 38.8. The number of rotatable bonds is 6. The third kappa shape index (κ3) is 4.23. The van der Waals surface area contributed by atoms with Crippen LogP contribution in [0.25, 0.3) is 0 Å². The van der Waals surface area contributed by atoms with Gasteiger partial charge < -0.3 is 0 Å². The van der Waals surface area contributed by atoms with E-state index in [1.807, 2.05) is 6.92 Å². The Morgan fingerprint density at radius 3 is 2.60 bits per heavy atom. The van der Waals surface area contributed by atoms with Gasteiger partial charge in [-0.3, -0.25) is 10.00 Å². The van der Waals surface area contributed by atoms with E-state index in [4.69, 9.17) is 0 Å². The van der Waals surface area contributed by atoms with Crippen LogP contribution in [0.3, 0.4) is 0 Å². The third-order valence-corrected chi connectivity index (χ3v) is 3.10. The Kier molecular flexibility index (Phi) is 5.17. The zero-order chi connectivity index (χ0) is 15.4. The molecule has 1 N–H and O–H groups in total. The third-order valence-electron chi connectivity index (χ3n) is 3.10. The van der Waals surface area contributed by atoms with E-state index in [0.29, 0.717) is 13.0 Å². The highest BCUT2D eigenvalue weighted by Gasteiger charge is 2.33. The van der Waals surface area contributed by atoms with Crippen LogP contribution in [0.5, 0.6) is 0 Å². The first-order valence-corrected chi connectivity index (χ1v) is 6.49. The highest BCUT2D eigenvalue weighted by molar-refractivity contribution is 5.10. The number of nitrogens with zero attached hydrogens (tertiary/aromatic N) is 3. The average molecular weight is 288 g/mol. The number of hydrogen-bond donors (Lipinski definition) is 1. The van der Waals surface area contributed by atoms with Crippen LogP contribution in [0.2, 0.25) is 0 Å². The van der Waals surface area contributed by atoms with Crippen molar-refractivity contribution < 1.29 is 13.2 Å².